The van der Waals surface area contributed by atoms with Gasteiger partial charge in [0.2, 0.25) is 5.96 Å². The van der Waals surface area contributed by atoms with Crippen molar-refractivity contribution in [1.82, 2.24) is 5.48 Å². The van der Waals surface area contributed by atoms with Gasteiger partial charge in [0.15, 0.2) is 0 Å². The number of nitrogen functional groups attached to an aromatic ring is 1. The van der Waals surface area contributed by atoms with Gasteiger partial charge in [-0.05, 0) is 11.6 Å². The Bertz CT molecular complexity index is 439. The number of amidine groups is 1. The van der Waals surface area contributed by atoms with Crippen molar-refractivity contribution in [1.29, 1.82) is 5.41 Å². The fourth-order valence-corrected chi connectivity index (χ4v) is 0.967. The van der Waals surface area contributed by atoms with Crippen molar-refractivity contribution in [2.75, 3.05) is 0 Å². The first-order valence-electron chi connectivity index (χ1n) is 4.34. The van der Waals surface area contributed by atoms with E-state index in [4.69, 9.17) is 22.1 Å². The summed E-state index contributed by atoms with van der Waals surface area (Å²) in [6.07, 6.45) is 1.43. The molecule has 1 aromatic rings. The summed E-state index contributed by atoms with van der Waals surface area (Å²) in [6.45, 7) is 0. The minimum absolute atomic E-state index is 0.0182. The topological polar surface area (TPSA) is 133 Å². The van der Waals surface area contributed by atoms with Crippen molar-refractivity contribution in [2.45, 2.75) is 0 Å². The Morgan fingerprint density at radius 1 is 1.44 bits per heavy atom. The van der Waals surface area contributed by atoms with Gasteiger partial charge in [-0.15, -0.1) is 5.10 Å². The van der Waals surface area contributed by atoms with Crippen LogP contribution in [-0.2, 0) is 0 Å². The van der Waals surface area contributed by atoms with Crippen LogP contribution < -0.4 is 16.9 Å². The van der Waals surface area contributed by atoms with Gasteiger partial charge in [0, 0.05) is 5.56 Å². The zero-order valence-electron chi connectivity index (χ0n) is 8.38. The lowest BCUT2D eigenvalue weighted by Crippen LogP contribution is -2.27. The number of nitrogens with two attached hydrogens (primary N) is 2. The Hall–Kier alpha value is -2.41. The summed E-state index contributed by atoms with van der Waals surface area (Å²) < 4.78 is 0. The van der Waals surface area contributed by atoms with Crippen LogP contribution in [0.15, 0.2) is 34.5 Å². The Balaban J connectivity index is 2.82. The van der Waals surface area contributed by atoms with Crippen LogP contribution in [0.2, 0.25) is 0 Å². The summed E-state index contributed by atoms with van der Waals surface area (Å²) in [7, 11) is 0. The SMILES string of the molecule is N=C(N)c1cccc(/C=N/N=C(N)NO)c1. The number of nitrogens with zero attached hydrogens (tertiary/aromatic N) is 2. The van der Waals surface area contributed by atoms with E-state index in [1.807, 2.05) is 0 Å². The van der Waals surface area contributed by atoms with Crippen LogP contribution in [0.3, 0.4) is 0 Å². The van der Waals surface area contributed by atoms with Crippen molar-refractivity contribution in [3.8, 4) is 0 Å². The maximum Gasteiger partial charge on any atom is 0.237 e. The zero-order valence-corrected chi connectivity index (χ0v) is 8.38. The highest BCUT2D eigenvalue weighted by Gasteiger charge is 1.95. The molecule has 0 bridgehead atoms. The van der Waals surface area contributed by atoms with E-state index in [9.17, 15) is 0 Å². The molecule has 1 rings (SSSR count). The molecule has 0 unspecified atom stereocenters. The smallest absolute Gasteiger partial charge is 0.237 e. The van der Waals surface area contributed by atoms with E-state index in [-0.39, 0.29) is 11.8 Å². The molecule has 0 amide bonds. The predicted molar refractivity (Wildman–Crippen MR) is 61.6 cm³/mol. The molecule has 84 valence electrons. The van der Waals surface area contributed by atoms with Gasteiger partial charge < -0.3 is 11.5 Å². The predicted octanol–water partition coefficient (Wildman–Crippen LogP) is -0.402. The minimum Gasteiger partial charge on any atom is -0.384 e. The first-order valence-corrected chi connectivity index (χ1v) is 4.34. The third kappa shape index (κ3) is 3.39. The molecule has 0 atom stereocenters. The molecule has 7 nitrogen and oxygen atoms in total. The molecule has 1 aromatic carbocycles. The molecule has 7 N–H and O–H groups in total. The van der Waals surface area contributed by atoms with Gasteiger partial charge in [-0.1, -0.05) is 18.2 Å². The van der Waals surface area contributed by atoms with Gasteiger partial charge in [-0.25, -0.2) is 5.48 Å². The second kappa shape index (κ2) is 5.47. The highest BCUT2D eigenvalue weighted by atomic mass is 16.5. The highest BCUT2D eigenvalue weighted by molar-refractivity contribution is 5.96. The fraction of sp³-hybridized carbons (Fsp3) is 0. The number of hydrogen-bond donors (Lipinski definition) is 5. The van der Waals surface area contributed by atoms with E-state index in [2.05, 4.69) is 10.2 Å². The first-order chi connectivity index (χ1) is 7.63. The second-order valence-electron chi connectivity index (χ2n) is 2.88. The monoisotopic (exact) mass is 220 g/mol. The summed E-state index contributed by atoms with van der Waals surface area (Å²) in [6, 6.07) is 6.92. The molecule has 0 aliphatic carbocycles. The number of benzene rings is 1. The Morgan fingerprint density at radius 2 is 2.19 bits per heavy atom. The summed E-state index contributed by atoms with van der Waals surface area (Å²) in [5.74, 6) is -0.228. The maximum atomic E-state index is 8.32. The van der Waals surface area contributed by atoms with Crippen molar-refractivity contribution >= 4 is 18.0 Å². The molecular weight excluding hydrogens is 208 g/mol. The molecule has 0 radical (unpaired) electrons. The average Bonchev–Trinajstić information content (AvgIpc) is 2.29. The highest BCUT2D eigenvalue weighted by Crippen LogP contribution is 2.02. The molecule has 0 heterocycles. The van der Waals surface area contributed by atoms with E-state index in [1.54, 1.807) is 29.7 Å². The molecule has 0 saturated carbocycles. The van der Waals surface area contributed by atoms with E-state index in [1.165, 1.54) is 6.21 Å². The lowest BCUT2D eigenvalue weighted by molar-refractivity contribution is 0.232. The van der Waals surface area contributed by atoms with Crippen molar-refractivity contribution < 1.29 is 5.21 Å². The van der Waals surface area contributed by atoms with E-state index in [0.29, 0.717) is 5.56 Å². The molecular formula is C9H12N6O. The van der Waals surface area contributed by atoms with Gasteiger partial charge in [0.05, 0.1) is 6.21 Å². The van der Waals surface area contributed by atoms with Crippen LogP contribution in [0.4, 0.5) is 0 Å². The zero-order chi connectivity index (χ0) is 12.0. The normalized spacial score (nSPS) is 11.7. The summed E-state index contributed by atoms with van der Waals surface area (Å²) >= 11 is 0. The van der Waals surface area contributed by atoms with Crippen LogP contribution in [0, 0.1) is 5.41 Å². The molecule has 7 heteroatoms. The third-order valence-corrected chi connectivity index (χ3v) is 1.68. The van der Waals surface area contributed by atoms with E-state index >= 15 is 0 Å². The van der Waals surface area contributed by atoms with Gasteiger partial charge >= 0.3 is 0 Å². The average molecular weight is 220 g/mol. The summed E-state index contributed by atoms with van der Waals surface area (Å²) in [4.78, 5) is 0. The van der Waals surface area contributed by atoms with Crippen LogP contribution in [-0.4, -0.2) is 23.2 Å². The number of hydroxylamine groups is 1. The molecule has 0 spiro atoms. The standard InChI is InChI=1S/C9H12N6O/c10-8(11)7-3-1-2-6(4-7)5-13-14-9(12)15-16/h1-5,16H,(H3,10,11)(H3,12,14,15)/b13-5+. The summed E-state index contributed by atoms with van der Waals surface area (Å²) in [5.41, 5.74) is 13.4. The Morgan fingerprint density at radius 3 is 2.81 bits per heavy atom. The van der Waals surface area contributed by atoms with Crippen LogP contribution in [0.25, 0.3) is 0 Å². The van der Waals surface area contributed by atoms with Crippen molar-refractivity contribution in [3.05, 3.63) is 35.4 Å². The van der Waals surface area contributed by atoms with Gasteiger partial charge in [0.25, 0.3) is 0 Å². The summed E-state index contributed by atoms with van der Waals surface area (Å²) in [5, 5.41) is 22.6. The third-order valence-electron chi connectivity index (χ3n) is 1.68. The number of rotatable bonds is 3. The molecule has 0 saturated heterocycles. The molecule has 0 aromatic heterocycles. The van der Waals surface area contributed by atoms with Crippen LogP contribution in [0.1, 0.15) is 11.1 Å². The van der Waals surface area contributed by atoms with Crippen LogP contribution in [0.5, 0.6) is 0 Å². The molecule has 0 fully saturated rings. The second-order valence-corrected chi connectivity index (χ2v) is 2.88. The number of hydrogen-bond acceptors (Lipinski definition) is 4. The van der Waals surface area contributed by atoms with Gasteiger partial charge in [-0.2, -0.15) is 5.10 Å². The molecule has 0 aliphatic rings. The van der Waals surface area contributed by atoms with Gasteiger partial charge in [-0.3, -0.25) is 10.6 Å². The lowest BCUT2D eigenvalue weighted by Gasteiger charge is -1.98. The van der Waals surface area contributed by atoms with Crippen LogP contribution >= 0.6 is 0 Å². The number of nitrogens with one attached hydrogen (secondary N) is 2. The van der Waals surface area contributed by atoms with E-state index < -0.39 is 0 Å². The van der Waals surface area contributed by atoms with Crippen molar-refractivity contribution in [2.24, 2.45) is 21.7 Å². The molecule has 16 heavy (non-hydrogen) atoms. The van der Waals surface area contributed by atoms with Crippen molar-refractivity contribution in [3.63, 3.8) is 0 Å². The Kier molecular flexibility index (Phi) is 3.98. The number of guanidine groups is 1. The minimum atomic E-state index is -0.209. The lowest BCUT2D eigenvalue weighted by atomic mass is 10.1. The molecule has 0 aliphatic heterocycles. The van der Waals surface area contributed by atoms with E-state index in [0.717, 1.165) is 5.56 Å². The first kappa shape index (κ1) is 11.7. The quantitative estimate of drug-likeness (QED) is 0.269. The largest absolute Gasteiger partial charge is 0.384 e. The fourth-order valence-electron chi connectivity index (χ4n) is 0.967. The Labute approximate surface area is 92.0 Å². The van der Waals surface area contributed by atoms with Gasteiger partial charge in [0.1, 0.15) is 5.84 Å². The maximum absolute atomic E-state index is 8.32.